The summed E-state index contributed by atoms with van der Waals surface area (Å²) in [4.78, 5) is 12.0. The molecule has 0 saturated carbocycles. The summed E-state index contributed by atoms with van der Waals surface area (Å²) < 4.78 is 1.12. The van der Waals surface area contributed by atoms with E-state index in [9.17, 15) is 9.90 Å². The number of amides is 1. The van der Waals surface area contributed by atoms with Crippen molar-refractivity contribution in [3.63, 3.8) is 0 Å². The van der Waals surface area contributed by atoms with Crippen molar-refractivity contribution in [2.75, 3.05) is 5.32 Å². The molecule has 103 valence electrons. The molecule has 20 heavy (non-hydrogen) atoms. The van der Waals surface area contributed by atoms with Gasteiger partial charge in [0, 0.05) is 0 Å². The molecule has 2 aromatic rings. The predicted molar refractivity (Wildman–Crippen MR) is 82.4 cm³/mol. The molecule has 0 bridgehead atoms. The number of hydrogen-bond donors (Lipinski definition) is 2. The van der Waals surface area contributed by atoms with Crippen molar-refractivity contribution in [3.05, 3.63) is 59.7 Å². The van der Waals surface area contributed by atoms with E-state index in [0.717, 1.165) is 21.2 Å². The Morgan fingerprint density at radius 1 is 1.15 bits per heavy atom. The van der Waals surface area contributed by atoms with E-state index in [1.165, 1.54) is 0 Å². The molecule has 3 nitrogen and oxygen atoms in total. The number of carbonyl (C=O) groups is 1. The van der Waals surface area contributed by atoms with E-state index in [0.29, 0.717) is 5.21 Å². The Morgan fingerprint density at radius 2 is 1.85 bits per heavy atom. The van der Waals surface area contributed by atoms with Crippen molar-refractivity contribution in [2.24, 2.45) is 0 Å². The molecule has 0 heterocycles. The number of aliphatic hydroxyl groups excluding tert-OH is 1. The monoisotopic (exact) mass is 330 g/mol. The first-order chi connectivity index (χ1) is 9.70. The van der Waals surface area contributed by atoms with Gasteiger partial charge < -0.3 is 0 Å². The maximum absolute atomic E-state index is 12.0. The van der Waals surface area contributed by atoms with Crippen LogP contribution >= 0.6 is 0 Å². The fourth-order valence-electron chi connectivity index (χ4n) is 1.86. The third-order valence-electron chi connectivity index (χ3n) is 2.97. The van der Waals surface area contributed by atoms with Gasteiger partial charge in [-0.15, -0.1) is 0 Å². The van der Waals surface area contributed by atoms with Crippen LogP contribution in [0.5, 0.6) is 0 Å². The van der Waals surface area contributed by atoms with Crippen molar-refractivity contribution in [3.8, 4) is 0 Å². The summed E-state index contributed by atoms with van der Waals surface area (Å²) in [5.74, 6) is 0.0343. The van der Waals surface area contributed by atoms with Gasteiger partial charge in [-0.3, -0.25) is 0 Å². The first-order valence-electron chi connectivity index (χ1n) is 6.42. The van der Waals surface area contributed by atoms with E-state index in [-0.39, 0.29) is 28.3 Å². The van der Waals surface area contributed by atoms with E-state index in [1.54, 1.807) is 0 Å². The fourth-order valence-corrected chi connectivity index (χ4v) is 3.82. The first-order valence-corrected chi connectivity index (χ1v) is 8.69. The molecule has 2 aromatic carbocycles. The van der Waals surface area contributed by atoms with Crippen LogP contribution in [0.3, 0.4) is 0 Å². The number of benzene rings is 2. The number of rotatable bonds is 5. The van der Waals surface area contributed by atoms with Crippen LogP contribution in [0.4, 0.5) is 5.69 Å². The van der Waals surface area contributed by atoms with Gasteiger partial charge in [0.15, 0.2) is 0 Å². The van der Waals surface area contributed by atoms with Crippen LogP contribution in [0, 0.1) is 6.92 Å². The van der Waals surface area contributed by atoms with Gasteiger partial charge in [0.1, 0.15) is 0 Å². The predicted octanol–water partition coefficient (Wildman–Crippen LogP) is 1.87. The molecule has 0 aromatic heterocycles. The average Bonchev–Trinajstić information content (AvgIpc) is 2.48. The molecule has 0 spiro atoms. The topological polar surface area (TPSA) is 49.3 Å². The Kier molecular flexibility index (Phi) is 5.39. The van der Waals surface area contributed by atoms with Crippen molar-refractivity contribution < 1.29 is 9.90 Å². The Bertz CT molecular complexity index is 599. The SMILES string of the molecule is Cc1ccccc1NC(=O)C[As]c1ccccc1CO. The van der Waals surface area contributed by atoms with Gasteiger partial charge in [-0.2, -0.15) is 0 Å². The zero-order valence-corrected chi connectivity index (χ0v) is 13.2. The molecule has 0 aliphatic heterocycles. The Labute approximate surface area is 125 Å². The van der Waals surface area contributed by atoms with E-state index < -0.39 is 0 Å². The number of carbonyl (C=O) groups excluding carboxylic acids is 1. The second kappa shape index (κ2) is 7.27. The summed E-state index contributed by atoms with van der Waals surface area (Å²) in [5, 5.41) is 12.7. The minimum atomic E-state index is -0.266. The fraction of sp³-hybridized carbons (Fsp3) is 0.188. The molecular weight excluding hydrogens is 313 g/mol. The van der Waals surface area contributed by atoms with Crippen LogP contribution in [-0.2, 0) is 11.4 Å². The first kappa shape index (κ1) is 14.8. The second-order valence-electron chi connectivity index (χ2n) is 4.47. The summed E-state index contributed by atoms with van der Waals surface area (Å²) in [5.41, 5.74) is 2.86. The maximum atomic E-state index is 12.0. The van der Waals surface area contributed by atoms with Gasteiger partial charge in [-0.1, -0.05) is 0 Å². The minimum absolute atomic E-state index is 0.0329. The summed E-state index contributed by atoms with van der Waals surface area (Å²) in [6.07, 6.45) is 0. The van der Waals surface area contributed by atoms with Crippen LogP contribution < -0.4 is 9.67 Å². The molecule has 1 amide bonds. The van der Waals surface area contributed by atoms with Crippen molar-refractivity contribution >= 4 is 31.7 Å². The summed E-state index contributed by atoms with van der Waals surface area (Å²) in [6.45, 7) is 2.01. The molecule has 4 heteroatoms. The van der Waals surface area contributed by atoms with Crippen LogP contribution in [0.25, 0.3) is 0 Å². The molecule has 2 rings (SSSR count). The standard InChI is InChI=1S/C16H17AsNO2/c1-12-6-2-5-9-15(12)18-16(20)10-17-14-8-4-3-7-13(14)11-19/h2-9,19H,10-11H2,1H3,(H,18,20). The van der Waals surface area contributed by atoms with E-state index in [1.807, 2.05) is 55.5 Å². The molecule has 0 saturated heterocycles. The number of aliphatic hydroxyl groups is 1. The molecule has 2 N–H and O–H groups in total. The zero-order valence-electron chi connectivity index (χ0n) is 11.3. The number of aryl methyl sites for hydroxylation is 1. The molecule has 0 fully saturated rings. The van der Waals surface area contributed by atoms with Gasteiger partial charge in [0.05, 0.1) is 0 Å². The summed E-state index contributed by atoms with van der Waals surface area (Å²) >= 11 is -0.266. The van der Waals surface area contributed by atoms with Gasteiger partial charge in [-0.25, -0.2) is 0 Å². The van der Waals surface area contributed by atoms with Crippen molar-refractivity contribution in [1.29, 1.82) is 0 Å². The van der Waals surface area contributed by atoms with Gasteiger partial charge in [-0.05, 0) is 0 Å². The van der Waals surface area contributed by atoms with E-state index in [2.05, 4.69) is 5.32 Å². The number of hydrogen-bond acceptors (Lipinski definition) is 2. The number of para-hydroxylation sites is 1. The number of nitrogens with one attached hydrogen (secondary N) is 1. The molecule has 0 aliphatic carbocycles. The molecule has 1 radical (unpaired) electrons. The molecular formula is C16H17AsNO2. The third-order valence-corrected chi connectivity index (χ3v) is 5.54. The van der Waals surface area contributed by atoms with E-state index in [4.69, 9.17) is 0 Å². The molecule has 0 unspecified atom stereocenters. The Hall–Kier alpha value is -1.57. The van der Waals surface area contributed by atoms with Crippen LogP contribution in [-0.4, -0.2) is 26.8 Å². The van der Waals surface area contributed by atoms with Gasteiger partial charge >= 0.3 is 125 Å². The summed E-state index contributed by atoms with van der Waals surface area (Å²) in [6, 6.07) is 15.5. The van der Waals surface area contributed by atoms with E-state index >= 15 is 0 Å². The number of anilines is 1. The molecule has 0 atom stereocenters. The second-order valence-corrected chi connectivity index (χ2v) is 6.80. The Morgan fingerprint density at radius 3 is 2.60 bits per heavy atom. The third kappa shape index (κ3) is 3.96. The van der Waals surface area contributed by atoms with Gasteiger partial charge in [0.25, 0.3) is 0 Å². The van der Waals surface area contributed by atoms with Crippen LogP contribution in [0.1, 0.15) is 11.1 Å². The average molecular weight is 330 g/mol. The van der Waals surface area contributed by atoms with Crippen molar-refractivity contribution in [2.45, 2.75) is 18.7 Å². The normalized spacial score (nSPS) is 10.9. The van der Waals surface area contributed by atoms with Crippen molar-refractivity contribution in [1.82, 2.24) is 0 Å². The Balaban J connectivity index is 1.94. The van der Waals surface area contributed by atoms with Crippen LogP contribution in [0.15, 0.2) is 48.5 Å². The zero-order chi connectivity index (χ0) is 14.4. The van der Waals surface area contributed by atoms with Gasteiger partial charge in [0.2, 0.25) is 0 Å². The van der Waals surface area contributed by atoms with Crippen LogP contribution in [0.2, 0.25) is 5.21 Å². The summed E-state index contributed by atoms with van der Waals surface area (Å²) in [7, 11) is 0. The molecule has 0 aliphatic rings. The quantitative estimate of drug-likeness (QED) is 0.823.